The van der Waals surface area contributed by atoms with E-state index in [1.54, 1.807) is 0 Å². The van der Waals surface area contributed by atoms with Crippen LogP contribution in [-0.4, -0.2) is 49.1 Å². The van der Waals surface area contributed by atoms with Gasteiger partial charge in [0.15, 0.2) is 0 Å². The standard InChI is InChI=1S/C18H32N2O3/c1-15-7-6-8-16(13-15)23-14-17(21)19-10-9-18(22)20-11-4-2-3-5-12-20/h15-16H,2-14H2,1H3,(H,19,21)/t15-,16-/m0/s1. The van der Waals surface area contributed by atoms with Crippen molar-refractivity contribution in [3.05, 3.63) is 0 Å². The Hall–Kier alpha value is -1.10. The van der Waals surface area contributed by atoms with Crippen molar-refractivity contribution < 1.29 is 14.3 Å². The van der Waals surface area contributed by atoms with E-state index in [4.69, 9.17) is 4.74 Å². The maximum Gasteiger partial charge on any atom is 0.246 e. The first-order valence-corrected chi connectivity index (χ1v) is 9.31. The van der Waals surface area contributed by atoms with Crippen LogP contribution < -0.4 is 5.32 Å². The van der Waals surface area contributed by atoms with Gasteiger partial charge in [0.05, 0.1) is 6.10 Å². The van der Waals surface area contributed by atoms with E-state index in [2.05, 4.69) is 12.2 Å². The Morgan fingerprint density at radius 1 is 1.09 bits per heavy atom. The number of amides is 2. The molecule has 2 fully saturated rings. The highest BCUT2D eigenvalue weighted by Gasteiger charge is 2.20. The van der Waals surface area contributed by atoms with Crippen molar-refractivity contribution in [2.75, 3.05) is 26.2 Å². The molecule has 0 bridgehead atoms. The van der Waals surface area contributed by atoms with Crippen LogP contribution in [0.1, 0.15) is 64.7 Å². The molecule has 1 aliphatic carbocycles. The quantitative estimate of drug-likeness (QED) is 0.816. The molecule has 23 heavy (non-hydrogen) atoms. The minimum atomic E-state index is -0.105. The summed E-state index contributed by atoms with van der Waals surface area (Å²) < 4.78 is 5.70. The fraction of sp³-hybridized carbons (Fsp3) is 0.889. The molecule has 2 amide bonds. The lowest BCUT2D eigenvalue weighted by atomic mass is 9.89. The highest BCUT2D eigenvalue weighted by Crippen LogP contribution is 2.25. The van der Waals surface area contributed by atoms with Crippen LogP contribution in [0, 0.1) is 5.92 Å². The molecule has 0 spiro atoms. The number of nitrogens with zero attached hydrogens (tertiary/aromatic N) is 1. The third kappa shape index (κ3) is 6.90. The highest BCUT2D eigenvalue weighted by molar-refractivity contribution is 5.79. The van der Waals surface area contributed by atoms with Gasteiger partial charge in [0.1, 0.15) is 6.61 Å². The average molecular weight is 324 g/mol. The monoisotopic (exact) mass is 324 g/mol. The number of carbonyl (C=O) groups is 2. The van der Waals surface area contributed by atoms with Crippen molar-refractivity contribution in [1.29, 1.82) is 0 Å². The maximum atomic E-state index is 12.1. The van der Waals surface area contributed by atoms with Gasteiger partial charge in [-0.3, -0.25) is 9.59 Å². The summed E-state index contributed by atoms with van der Waals surface area (Å²) in [5.74, 6) is 0.754. The van der Waals surface area contributed by atoms with Crippen LogP contribution in [0.5, 0.6) is 0 Å². The van der Waals surface area contributed by atoms with Crippen LogP contribution in [0.2, 0.25) is 0 Å². The van der Waals surface area contributed by atoms with E-state index in [1.807, 2.05) is 4.90 Å². The Kier molecular flexibility index (Phi) is 7.86. The molecule has 2 rings (SSSR count). The van der Waals surface area contributed by atoms with Crippen molar-refractivity contribution in [3.63, 3.8) is 0 Å². The second-order valence-corrected chi connectivity index (χ2v) is 7.10. The molecule has 1 heterocycles. The molecule has 0 radical (unpaired) electrons. The van der Waals surface area contributed by atoms with E-state index in [1.165, 1.54) is 25.7 Å². The molecule has 132 valence electrons. The second-order valence-electron chi connectivity index (χ2n) is 7.10. The topological polar surface area (TPSA) is 58.6 Å². The molecule has 1 saturated heterocycles. The number of ether oxygens (including phenoxy) is 1. The van der Waals surface area contributed by atoms with Crippen LogP contribution >= 0.6 is 0 Å². The number of carbonyl (C=O) groups excluding carboxylic acids is 2. The normalized spacial score (nSPS) is 25.7. The lowest BCUT2D eigenvalue weighted by molar-refractivity contribution is -0.131. The summed E-state index contributed by atoms with van der Waals surface area (Å²) in [6.45, 7) is 4.52. The molecular formula is C18H32N2O3. The molecular weight excluding hydrogens is 292 g/mol. The number of likely N-dealkylation sites (tertiary alicyclic amines) is 1. The van der Waals surface area contributed by atoms with Crippen molar-refractivity contribution in [3.8, 4) is 0 Å². The summed E-state index contributed by atoms with van der Waals surface area (Å²) in [6.07, 6.45) is 9.84. The van der Waals surface area contributed by atoms with Gasteiger partial charge >= 0.3 is 0 Å². The Morgan fingerprint density at radius 2 is 1.83 bits per heavy atom. The Morgan fingerprint density at radius 3 is 2.52 bits per heavy atom. The predicted octanol–water partition coefficient (Wildman–Crippen LogP) is 2.49. The molecule has 5 nitrogen and oxygen atoms in total. The summed E-state index contributed by atoms with van der Waals surface area (Å²) in [6, 6.07) is 0. The van der Waals surface area contributed by atoms with Crippen LogP contribution in [0.4, 0.5) is 0 Å². The van der Waals surface area contributed by atoms with Crippen molar-refractivity contribution in [1.82, 2.24) is 10.2 Å². The lowest BCUT2D eigenvalue weighted by Gasteiger charge is -2.26. The number of hydrogen-bond acceptors (Lipinski definition) is 3. The van der Waals surface area contributed by atoms with Gasteiger partial charge < -0.3 is 15.0 Å². The first-order chi connectivity index (χ1) is 11.1. The van der Waals surface area contributed by atoms with Crippen LogP contribution in [0.3, 0.4) is 0 Å². The van der Waals surface area contributed by atoms with E-state index >= 15 is 0 Å². The van der Waals surface area contributed by atoms with E-state index in [-0.39, 0.29) is 24.5 Å². The van der Waals surface area contributed by atoms with Crippen LogP contribution in [0.15, 0.2) is 0 Å². The smallest absolute Gasteiger partial charge is 0.246 e. The van der Waals surface area contributed by atoms with E-state index < -0.39 is 0 Å². The third-order valence-electron chi connectivity index (χ3n) is 4.96. The van der Waals surface area contributed by atoms with Gasteiger partial charge in [-0.05, 0) is 31.6 Å². The summed E-state index contributed by atoms with van der Waals surface area (Å²) >= 11 is 0. The molecule has 0 aromatic rings. The van der Waals surface area contributed by atoms with Crippen molar-refractivity contribution >= 4 is 11.8 Å². The first kappa shape index (κ1) is 18.2. The van der Waals surface area contributed by atoms with Gasteiger partial charge in [-0.1, -0.05) is 32.6 Å². The van der Waals surface area contributed by atoms with E-state index in [0.717, 1.165) is 38.8 Å². The van der Waals surface area contributed by atoms with Crippen molar-refractivity contribution in [2.24, 2.45) is 5.92 Å². The third-order valence-corrected chi connectivity index (χ3v) is 4.96. The van der Waals surface area contributed by atoms with Gasteiger partial charge in [-0.15, -0.1) is 0 Å². The van der Waals surface area contributed by atoms with Crippen LogP contribution in [-0.2, 0) is 14.3 Å². The molecule has 0 unspecified atom stereocenters. The Labute approximate surface area is 140 Å². The van der Waals surface area contributed by atoms with E-state index in [0.29, 0.717) is 18.9 Å². The summed E-state index contributed by atoms with van der Waals surface area (Å²) in [5, 5.41) is 2.81. The molecule has 1 saturated carbocycles. The predicted molar refractivity (Wildman–Crippen MR) is 90.0 cm³/mol. The highest BCUT2D eigenvalue weighted by atomic mass is 16.5. The van der Waals surface area contributed by atoms with Crippen LogP contribution in [0.25, 0.3) is 0 Å². The molecule has 2 atom stereocenters. The molecule has 5 heteroatoms. The largest absolute Gasteiger partial charge is 0.368 e. The molecule has 1 aliphatic heterocycles. The number of hydrogen-bond donors (Lipinski definition) is 1. The number of nitrogens with one attached hydrogen (secondary N) is 1. The zero-order valence-electron chi connectivity index (χ0n) is 14.5. The summed E-state index contributed by atoms with van der Waals surface area (Å²) in [4.78, 5) is 25.9. The molecule has 0 aromatic carbocycles. The van der Waals surface area contributed by atoms with Crippen molar-refractivity contribution in [2.45, 2.75) is 70.8 Å². The van der Waals surface area contributed by atoms with Gasteiger partial charge in [0, 0.05) is 26.1 Å². The fourth-order valence-corrected chi connectivity index (χ4v) is 3.56. The minimum absolute atomic E-state index is 0.105. The summed E-state index contributed by atoms with van der Waals surface area (Å²) in [5.41, 5.74) is 0. The Bertz CT molecular complexity index is 378. The molecule has 2 aliphatic rings. The van der Waals surface area contributed by atoms with Gasteiger partial charge in [0.25, 0.3) is 0 Å². The maximum absolute atomic E-state index is 12.1. The SMILES string of the molecule is C[C@H]1CCC[C@H](OCC(=O)NCCC(=O)N2CCCCCC2)C1. The lowest BCUT2D eigenvalue weighted by Crippen LogP contribution is -2.36. The number of rotatable bonds is 6. The Balaban J connectivity index is 1.56. The zero-order chi connectivity index (χ0) is 16.5. The minimum Gasteiger partial charge on any atom is -0.368 e. The first-order valence-electron chi connectivity index (χ1n) is 9.31. The second kappa shape index (κ2) is 9.91. The summed E-state index contributed by atoms with van der Waals surface area (Å²) in [7, 11) is 0. The van der Waals surface area contributed by atoms with Gasteiger partial charge in [0.2, 0.25) is 11.8 Å². The zero-order valence-corrected chi connectivity index (χ0v) is 14.5. The molecule has 1 N–H and O–H groups in total. The molecule has 0 aromatic heterocycles. The van der Waals surface area contributed by atoms with Gasteiger partial charge in [-0.2, -0.15) is 0 Å². The van der Waals surface area contributed by atoms with Gasteiger partial charge in [-0.25, -0.2) is 0 Å². The average Bonchev–Trinajstić information content (AvgIpc) is 2.82. The van der Waals surface area contributed by atoms with E-state index in [9.17, 15) is 9.59 Å². The fourth-order valence-electron chi connectivity index (χ4n) is 3.56.